The Morgan fingerprint density at radius 1 is 0.926 bits per heavy atom. The van der Waals surface area contributed by atoms with Crippen molar-refractivity contribution in [3.63, 3.8) is 0 Å². The second-order valence-electron chi connectivity index (χ2n) is 6.56. The van der Waals surface area contributed by atoms with Gasteiger partial charge in [-0.2, -0.15) is 0 Å². The maximum absolute atomic E-state index is 12.7. The van der Waals surface area contributed by atoms with Crippen LogP contribution < -0.4 is 19.7 Å². The Hall–Kier alpha value is -2.73. The molecule has 1 aliphatic rings. The molecule has 1 saturated heterocycles. The van der Waals surface area contributed by atoms with Crippen LogP contribution in [0.25, 0.3) is 0 Å². The lowest BCUT2D eigenvalue weighted by Gasteiger charge is -2.38. The topological polar surface area (TPSA) is 54.0 Å². The van der Waals surface area contributed by atoms with Gasteiger partial charge in [-0.15, -0.1) is 0 Å². The predicted molar refractivity (Wildman–Crippen MR) is 108 cm³/mol. The highest BCUT2D eigenvalue weighted by atomic mass is 16.5. The van der Waals surface area contributed by atoms with Crippen molar-refractivity contribution < 1.29 is 14.3 Å². The zero-order valence-corrected chi connectivity index (χ0v) is 16.1. The molecule has 2 aromatic carbocycles. The summed E-state index contributed by atoms with van der Waals surface area (Å²) < 4.78 is 10.8. The quantitative estimate of drug-likeness (QED) is 0.849. The third-order valence-corrected chi connectivity index (χ3v) is 5.03. The summed E-state index contributed by atoms with van der Waals surface area (Å²) in [5.74, 6) is 1.53. The van der Waals surface area contributed by atoms with Gasteiger partial charge < -0.3 is 19.7 Å². The number of benzene rings is 2. The molecule has 1 atom stereocenters. The van der Waals surface area contributed by atoms with E-state index in [1.807, 2.05) is 49.4 Å². The fourth-order valence-corrected chi connectivity index (χ4v) is 3.39. The lowest BCUT2D eigenvalue weighted by Crippen LogP contribution is -2.52. The highest BCUT2D eigenvalue weighted by molar-refractivity contribution is 5.95. The summed E-state index contributed by atoms with van der Waals surface area (Å²) in [5, 5.41) is 2.98. The van der Waals surface area contributed by atoms with Crippen LogP contribution in [0, 0.1) is 0 Å². The maximum atomic E-state index is 12.7. The van der Waals surface area contributed by atoms with E-state index < -0.39 is 0 Å². The van der Waals surface area contributed by atoms with Crippen LogP contribution in [-0.4, -0.2) is 57.2 Å². The van der Waals surface area contributed by atoms with Crippen molar-refractivity contribution >= 4 is 17.3 Å². The first-order chi connectivity index (χ1) is 13.1. The molecular weight excluding hydrogens is 342 g/mol. The lowest BCUT2D eigenvalue weighted by atomic mass is 10.2. The average Bonchev–Trinajstić information content (AvgIpc) is 2.73. The second kappa shape index (κ2) is 8.77. The van der Waals surface area contributed by atoms with Gasteiger partial charge in [0.15, 0.2) is 0 Å². The van der Waals surface area contributed by atoms with Gasteiger partial charge in [-0.1, -0.05) is 24.3 Å². The van der Waals surface area contributed by atoms with Crippen molar-refractivity contribution in [2.45, 2.75) is 13.0 Å². The van der Waals surface area contributed by atoms with Gasteiger partial charge in [0, 0.05) is 26.2 Å². The number of hydrogen-bond acceptors (Lipinski definition) is 5. The fraction of sp³-hybridized carbons (Fsp3) is 0.381. The Bertz CT molecular complexity index is 773. The number of carbonyl (C=O) groups is 1. The van der Waals surface area contributed by atoms with Crippen LogP contribution in [0.15, 0.2) is 48.5 Å². The van der Waals surface area contributed by atoms with Gasteiger partial charge in [0.1, 0.15) is 11.5 Å². The molecule has 1 N–H and O–H groups in total. The van der Waals surface area contributed by atoms with E-state index in [0.717, 1.165) is 37.6 Å². The van der Waals surface area contributed by atoms with Gasteiger partial charge in [-0.25, -0.2) is 0 Å². The Morgan fingerprint density at radius 3 is 2.19 bits per heavy atom. The van der Waals surface area contributed by atoms with Crippen molar-refractivity contribution in [2.75, 3.05) is 50.6 Å². The summed E-state index contributed by atoms with van der Waals surface area (Å²) in [6.07, 6.45) is 0. The number of piperazine rings is 1. The first-order valence-electron chi connectivity index (χ1n) is 9.20. The molecule has 6 heteroatoms. The van der Waals surface area contributed by atoms with Crippen LogP contribution in [0.1, 0.15) is 6.92 Å². The van der Waals surface area contributed by atoms with Crippen LogP contribution >= 0.6 is 0 Å². The van der Waals surface area contributed by atoms with Gasteiger partial charge >= 0.3 is 0 Å². The third kappa shape index (κ3) is 4.34. The van der Waals surface area contributed by atoms with Gasteiger partial charge in [0.05, 0.1) is 31.6 Å². The van der Waals surface area contributed by atoms with Gasteiger partial charge in [0.25, 0.3) is 0 Å². The zero-order chi connectivity index (χ0) is 19.2. The molecule has 0 bridgehead atoms. The molecule has 1 heterocycles. The first-order valence-corrected chi connectivity index (χ1v) is 9.20. The van der Waals surface area contributed by atoms with E-state index in [1.165, 1.54) is 0 Å². The summed E-state index contributed by atoms with van der Waals surface area (Å²) in [4.78, 5) is 17.2. The van der Waals surface area contributed by atoms with Crippen LogP contribution in [0.3, 0.4) is 0 Å². The molecule has 0 unspecified atom stereocenters. The van der Waals surface area contributed by atoms with Crippen molar-refractivity contribution in [2.24, 2.45) is 0 Å². The molecule has 2 aromatic rings. The van der Waals surface area contributed by atoms with E-state index in [0.29, 0.717) is 11.4 Å². The lowest BCUT2D eigenvalue weighted by molar-refractivity contribution is -0.120. The number of rotatable bonds is 6. The van der Waals surface area contributed by atoms with Gasteiger partial charge in [-0.3, -0.25) is 9.69 Å². The molecule has 0 spiro atoms. The first kappa shape index (κ1) is 19.0. The molecule has 1 fully saturated rings. The molecule has 27 heavy (non-hydrogen) atoms. The Balaban J connectivity index is 1.59. The smallest absolute Gasteiger partial charge is 0.241 e. The summed E-state index contributed by atoms with van der Waals surface area (Å²) in [5.41, 5.74) is 1.80. The normalized spacial score (nSPS) is 15.9. The molecule has 1 aliphatic heterocycles. The maximum Gasteiger partial charge on any atom is 0.241 e. The van der Waals surface area contributed by atoms with Crippen LogP contribution in [0.4, 0.5) is 11.4 Å². The predicted octanol–water partition coefficient (Wildman–Crippen LogP) is 2.85. The number of ether oxygens (including phenoxy) is 2. The van der Waals surface area contributed by atoms with E-state index in [2.05, 4.69) is 21.2 Å². The molecule has 144 valence electrons. The highest BCUT2D eigenvalue weighted by Crippen LogP contribution is 2.29. The molecule has 6 nitrogen and oxygen atoms in total. The molecule has 0 radical (unpaired) electrons. The van der Waals surface area contributed by atoms with E-state index in [4.69, 9.17) is 9.47 Å². The average molecular weight is 369 g/mol. The Morgan fingerprint density at radius 2 is 1.52 bits per heavy atom. The summed E-state index contributed by atoms with van der Waals surface area (Å²) in [6.45, 7) is 5.29. The van der Waals surface area contributed by atoms with Gasteiger partial charge in [-0.05, 0) is 31.2 Å². The minimum absolute atomic E-state index is 0.0229. The Kier molecular flexibility index (Phi) is 6.19. The number of para-hydroxylation sites is 4. The zero-order valence-electron chi connectivity index (χ0n) is 16.1. The molecule has 1 amide bonds. The third-order valence-electron chi connectivity index (χ3n) is 5.03. The number of nitrogens with one attached hydrogen (secondary N) is 1. The van der Waals surface area contributed by atoms with E-state index in [-0.39, 0.29) is 11.9 Å². The molecular formula is C21H27N3O3. The number of amides is 1. The SMILES string of the molecule is COc1ccccc1NC(=O)[C@H](C)N1CCN(c2ccccc2OC)CC1. The van der Waals surface area contributed by atoms with E-state index >= 15 is 0 Å². The van der Waals surface area contributed by atoms with Crippen molar-refractivity contribution in [1.82, 2.24) is 4.90 Å². The Labute approximate surface area is 160 Å². The summed E-state index contributed by atoms with van der Waals surface area (Å²) in [6, 6.07) is 15.3. The molecule has 0 aromatic heterocycles. The largest absolute Gasteiger partial charge is 0.495 e. The highest BCUT2D eigenvalue weighted by Gasteiger charge is 2.27. The monoisotopic (exact) mass is 369 g/mol. The minimum atomic E-state index is -0.213. The number of nitrogens with zero attached hydrogens (tertiary/aromatic N) is 2. The fourth-order valence-electron chi connectivity index (χ4n) is 3.39. The van der Waals surface area contributed by atoms with Crippen LogP contribution in [0.2, 0.25) is 0 Å². The number of anilines is 2. The number of methoxy groups -OCH3 is 2. The van der Waals surface area contributed by atoms with Crippen molar-refractivity contribution in [1.29, 1.82) is 0 Å². The van der Waals surface area contributed by atoms with Crippen LogP contribution in [0.5, 0.6) is 11.5 Å². The van der Waals surface area contributed by atoms with Crippen molar-refractivity contribution in [3.8, 4) is 11.5 Å². The number of carbonyl (C=O) groups excluding carboxylic acids is 1. The summed E-state index contributed by atoms with van der Waals surface area (Å²) in [7, 11) is 3.30. The second-order valence-corrected chi connectivity index (χ2v) is 6.56. The van der Waals surface area contributed by atoms with E-state index in [9.17, 15) is 4.79 Å². The van der Waals surface area contributed by atoms with E-state index in [1.54, 1.807) is 14.2 Å². The van der Waals surface area contributed by atoms with Crippen LogP contribution in [-0.2, 0) is 4.79 Å². The standard InChI is InChI=1S/C21H27N3O3/c1-16(21(25)22-17-8-4-6-10-19(17)26-2)23-12-14-24(15-13-23)18-9-5-7-11-20(18)27-3/h4-11,16H,12-15H2,1-3H3,(H,22,25)/t16-/m0/s1. The summed E-state index contributed by atoms with van der Waals surface area (Å²) >= 11 is 0. The molecule has 0 saturated carbocycles. The van der Waals surface area contributed by atoms with Gasteiger partial charge in [0.2, 0.25) is 5.91 Å². The van der Waals surface area contributed by atoms with Crippen molar-refractivity contribution in [3.05, 3.63) is 48.5 Å². The number of hydrogen-bond donors (Lipinski definition) is 1. The molecule has 0 aliphatic carbocycles. The molecule has 3 rings (SSSR count). The minimum Gasteiger partial charge on any atom is -0.495 e.